The van der Waals surface area contributed by atoms with E-state index in [9.17, 15) is 0 Å². The summed E-state index contributed by atoms with van der Waals surface area (Å²) in [5, 5.41) is 0. The van der Waals surface area contributed by atoms with Gasteiger partial charge >= 0.3 is 0 Å². The Labute approximate surface area is 109 Å². The molecule has 0 amide bonds. The summed E-state index contributed by atoms with van der Waals surface area (Å²) >= 11 is 3.50. The van der Waals surface area contributed by atoms with Crippen molar-refractivity contribution >= 4 is 33.0 Å². The second-order valence-corrected chi connectivity index (χ2v) is 4.49. The molecule has 2 aromatic rings. The first-order chi connectivity index (χ1) is 8.24. The largest absolute Gasteiger partial charge is 0.396 e. The fraction of sp³-hybridized carbons (Fsp3) is 0.154. The van der Waals surface area contributed by atoms with E-state index in [1.807, 2.05) is 18.2 Å². The molecule has 17 heavy (non-hydrogen) atoms. The SMILES string of the molecule is CCN(c1ccccc1)c1c(N)cncc1Br. The number of para-hydroxylation sites is 1. The lowest BCUT2D eigenvalue weighted by molar-refractivity contribution is 1.02. The molecule has 1 aromatic carbocycles. The van der Waals surface area contributed by atoms with Crippen LogP contribution in [-0.2, 0) is 0 Å². The molecule has 88 valence electrons. The van der Waals surface area contributed by atoms with Crippen LogP contribution >= 0.6 is 15.9 Å². The number of aromatic nitrogens is 1. The van der Waals surface area contributed by atoms with E-state index in [4.69, 9.17) is 5.73 Å². The molecule has 3 nitrogen and oxygen atoms in total. The Bertz CT molecular complexity index is 479. The molecule has 0 bridgehead atoms. The van der Waals surface area contributed by atoms with Crippen molar-refractivity contribution in [3.05, 3.63) is 47.2 Å². The number of halogens is 1. The van der Waals surface area contributed by atoms with Crippen molar-refractivity contribution in [2.24, 2.45) is 0 Å². The van der Waals surface area contributed by atoms with Gasteiger partial charge in [0.2, 0.25) is 0 Å². The number of nitrogen functional groups attached to an aromatic ring is 1. The molecule has 2 rings (SSSR count). The van der Waals surface area contributed by atoms with Gasteiger partial charge in [0.05, 0.1) is 22.0 Å². The molecule has 2 N–H and O–H groups in total. The van der Waals surface area contributed by atoms with Gasteiger partial charge in [-0.05, 0) is 35.0 Å². The summed E-state index contributed by atoms with van der Waals surface area (Å²) in [5.74, 6) is 0. The number of benzene rings is 1. The van der Waals surface area contributed by atoms with Crippen molar-refractivity contribution in [1.29, 1.82) is 0 Å². The Morgan fingerprint density at radius 2 is 1.94 bits per heavy atom. The number of hydrogen-bond donors (Lipinski definition) is 1. The van der Waals surface area contributed by atoms with Crippen LogP contribution < -0.4 is 10.6 Å². The summed E-state index contributed by atoms with van der Waals surface area (Å²) in [6.07, 6.45) is 3.43. The lowest BCUT2D eigenvalue weighted by atomic mass is 10.2. The molecule has 0 atom stereocenters. The van der Waals surface area contributed by atoms with Gasteiger partial charge in [-0.1, -0.05) is 18.2 Å². The van der Waals surface area contributed by atoms with E-state index in [-0.39, 0.29) is 0 Å². The average Bonchev–Trinajstić information content (AvgIpc) is 2.35. The second kappa shape index (κ2) is 5.19. The van der Waals surface area contributed by atoms with E-state index < -0.39 is 0 Å². The van der Waals surface area contributed by atoms with E-state index in [0.717, 1.165) is 22.4 Å². The van der Waals surface area contributed by atoms with Crippen LogP contribution in [-0.4, -0.2) is 11.5 Å². The Hall–Kier alpha value is -1.55. The van der Waals surface area contributed by atoms with E-state index in [0.29, 0.717) is 5.69 Å². The Morgan fingerprint density at radius 1 is 1.24 bits per heavy atom. The molecule has 4 heteroatoms. The van der Waals surface area contributed by atoms with Gasteiger partial charge in [0.25, 0.3) is 0 Å². The number of nitrogens with two attached hydrogens (primary N) is 1. The third-order valence-electron chi connectivity index (χ3n) is 2.56. The van der Waals surface area contributed by atoms with Crippen molar-refractivity contribution in [2.45, 2.75) is 6.92 Å². The van der Waals surface area contributed by atoms with Crippen molar-refractivity contribution in [3.63, 3.8) is 0 Å². The highest BCUT2D eigenvalue weighted by atomic mass is 79.9. The summed E-state index contributed by atoms with van der Waals surface area (Å²) in [5.41, 5.74) is 8.76. The predicted molar refractivity (Wildman–Crippen MR) is 75.5 cm³/mol. The quantitative estimate of drug-likeness (QED) is 0.940. The van der Waals surface area contributed by atoms with E-state index in [1.54, 1.807) is 12.4 Å². The van der Waals surface area contributed by atoms with Crippen LogP contribution in [0.3, 0.4) is 0 Å². The molecule has 0 aliphatic rings. The zero-order valence-electron chi connectivity index (χ0n) is 9.60. The van der Waals surface area contributed by atoms with Gasteiger partial charge < -0.3 is 10.6 Å². The maximum Gasteiger partial charge on any atom is 0.0820 e. The van der Waals surface area contributed by atoms with Crippen LogP contribution in [0.15, 0.2) is 47.2 Å². The average molecular weight is 292 g/mol. The van der Waals surface area contributed by atoms with Gasteiger partial charge in [-0.15, -0.1) is 0 Å². The molecular weight excluding hydrogens is 278 g/mol. The highest BCUT2D eigenvalue weighted by molar-refractivity contribution is 9.10. The number of anilines is 3. The van der Waals surface area contributed by atoms with Gasteiger partial charge in [0, 0.05) is 18.4 Å². The van der Waals surface area contributed by atoms with Crippen molar-refractivity contribution in [2.75, 3.05) is 17.2 Å². The van der Waals surface area contributed by atoms with E-state index in [2.05, 4.69) is 44.9 Å². The van der Waals surface area contributed by atoms with Crippen LogP contribution in [0.4, 0.5) is 17.1 Å². The topological polar surface area (TPSA) is 42.1 Å². The van der Waals surface area contributed by atoms with Gasteiger partial charge in [-0.2, -0.15) is 0 Å². The fourth-order valence-electron chi connectivity index (χ4n) is 1.81. The molecule has 0 aliphatic carbocycles. The van der Waals surface area contributed by atoms with Gasteiger partial charge in [-0.25, -0.2) is 0 Å². The van der Waals surface area contributed by atoms with Crippen LogP contribution in [0.5, 0.6) is 0 Å². The van der Waals surface area contributed by atoms with Crippen LogP contribution in [0.25, 0.3) is 0 Å². The normalized spacial score (nSPS) is 10.2. The highest BCUT2D eigenvalue weighted by Gasteiger charge is 2.13. The summed E-state index contributed by atoms with van der Waals surface area (Å²) < 4.78 is 0.906. The Balaban J connectivity index is 2.50. The maximum atomic E-state index is 6.00. The lowest BCUT2D eigenvalue weighted by Gasteiger charge is -2.25. The van der Waals surface area contributed by atoms with E-state index >= 15 is 0 Å². The molecule has 0 fully saturated rings. The third-order valence-corrected chi connectivity index (χ3v) is 3.14. The summed E-state index contributed by atoms with van der Waals surface area (Å²) in [4.78, 5) is 6.21. The minimum absolute atomic E-state index is 0.671. The third kappa shape index (κ3) is 2.42. The molecule has 0 radical (unpaired) electrons. The molecule has 1 aromatic heterocycles. The van der Waals surface area contributed by atoms with Gasteiger partial charge in [0.15, 0.2) is 0 Å². The molecule has 0 aliphatic heterocycles. The Morgan fingerprint density at radius 3 is 2.53 bits per heavy atom. The number of pyridine rings is 1. The lowest BCUT2D eigenvalue weighted by Crippen LogP contribution is -2.18. The molecule has 0 saturated heterocycles. The zero-order valence-corrected chi connectivity index (χ0v) is 11.2. The molecular formula is C13H14BrN3. The number of hydrogen-bond acceptors (Lipinski definition) is 3. The fourth-order valence-corrected chi connectivity index (χ4v) is 2.37. The monoisotopic (exact) mass is 291 g/mol. The van der Waals surface area contributed by atoms with Crippen LogP contribution in [0.2, 0.25) is 0 Å². The summed E-state index contributed by atoms with van der Waals surface area (Å²) in [7, 11) is 0. The first-order valence-corrected chi connectivity index (χ1v) is 6.25. The second-order valence-electron chi connectivity index (χ2n) is 3.64. The maximum absolute atomic E-state index is 6.00. The minimum atomic E-state index is 0.671. The molecule has 0 spiro atoms. The number of rotatable bonds is 3. The minimum Gasteiger partial charge on any atom is -0.396 e. The van der Waals surface area contributed by atoms with Gasteiger partial charge in [-0.3, -0.25) is 4.98 Å². The summed E-state index contributed by atoms with van der Waals surface area (Å²) in [6.45, 7) is 2.94. The standard InChI is InChI=1S/C13H14BrN3/c1-2-17(10-6-4-3-5-7-10)13-11(14)8-16-9-12(13)15/h3-9H,2,15H2,1H3. The highest BCUT2D eigenvalue weighted by Crippen LogP contribution is 2.35. The molecule has 1 heterocycles. The predicted octanol–water partition coefficient (Wildman–Crippen LogP) is 3.58. The van der Waals surface area contributed by atoms with Gasteiger partial charge in [0.1, 0.15) is 0 Å². The smallest absolute Gasteiger partial charge is 0.0820 e. The Kier molecular flexibility index (Phi) is 3.64. The van der Waals surface area contributed by atoms with Crippen LogP contribution in [0, 0.1) is 0 Å². The zero-order chi connectivity index (χ0) is 12.3. The first-order valence-electron chi connectivity index (χ1n) is 5.45. The molecule has 0 saturated carbocycles. The van der Waals surface area contributed by atoms with E-state index in [1.165, 1.54) is 0 Å². The summed E-state index contributed by atoms with van der Waals surface area (Å²) in [6, 6.07) is 10.2. The van der Waals surface area contributed by atoms with Crippen molar-refractivity contribution in [3.8, 4) is 0 Å². The van der Waals surface area contributed by atoms with Crippen molar-refractivity contribution in [1.82, 2.24) is 4.98 Å². The van der Waals surface area contributed by atoms with Crippen molar-refractivity contribution < 1.29 is 0 Å². The van der Waals surface area contributed by atoms with Crippen LogP contribution in [0.1, 0.15) is 6.92 Å². The number of nitrogens with zero attached hydrogens (tertiary/aromatic N) is 2. The first kappa shape index (κ1) is 11.9. The molecule has 0 unspecified atom stereocenters.